The van der Waals surface area contributed by atoms with Gasteiger partial charge in [-0.15, -0.1) is 0 Å². The van der Waals surface area contributed by atoms with Crippen LogP contribution in [0.2, 0.25) is 0 Å². The van der Waals surface area contributed by atoms with Crippen LogP contribution in [0, 0.1) is 0 Å². The van der Waals surface area contributed by atoms with Crippen LogP contribution in [0.25, 0.3) is 0 Å². The number of ether oxygens (including phenoxy) is 1. The number of Topliss-reactive ketones (excluding diaryl/α,β-unsaturated/α-hetero) is 1. The molecule has 0 saturated carbocycles. The summed E-state index contributed by atoms with van der Waals surface area (Å²) in [5.41, 5.74) is 1.16. The maximum absolute atomic E-state index is 10.7. The van der Waals surface area contributed by atoms with Crippen molar-refractivity contribution in [3.8, 4) is 5.75 Å². The average molecular weight is 207 g/mol. The molecule has 3 heteroatoms. The molecule has 1 N–H and O–H groups in total. The molecular formula is C12H17NO2. The van der Waals surface area contributed by atoms with E-state index in [9.17, 15) is 4.79 Å². The van der Waals surface area contributed by atoms with Crippen LogP contribution in [0.1, 0.15) is 18.9 Å². The van der Waals surface area contributed by atoms with Crippen molar-refractivity contribution in [3.63, 3.8) is 0 Å². The summed E-state index contributed by atoms with van der Waals surface area (Å²) in [6.45, 7) is 3.10. The lowest BCUT2D eigenvalue weighted by Crippen LogP contribution is -2.16. The lowest BCUT2D eigenvalue weighted by Gasteiger charge is -2.05. The van der Waals surface area contributed by atoms with Crippen molar-refractivity contribution in [2.75, 3.05) is 13.7 Å². The summed E-state index contributed by atoms with van der Waals surface area (Å²) >= 11 is 0. The Kier molecular flexibility index (Phi) is 4.84. The molecule has 0 atom stereocenters. The smallest absolute Gasteiger partial charge is 0.131 e. The molecule has 0 bridgehead atoms. The Hall–Kier alpha value is -1.35. The van der Waals surface area contributed by atoms with Gasteiger partial charge in [0.1, 0.15) is 11.5 Å². The number of methoxy groups -OCH3 is 1. The third-order valence-corrected chi connectivity index (χ3v) is 2.12. The Labute approximate surface area is 90.4 Å². The van der Waals surface area contributed by atoms with Gasteiger partial charge in [-0.25, -0.2) is 0 Å². The first kappa shape index (κ1) is 11.7. The molecule has 0 aromatic heterocycles. The van der Waals surface area contributed by atoms with E-state index >= 15 is 0 Å². The van der Waals surface area contributed by atoms with Gasteiger partial charge in [-0.2, -0.15) is 0 Å². The highest BCUT2D eigenvalue weighted by Gasteiger charge is 1.96. The summed E-state index contributed by atoms with van der Waals surface area (Å²) < 4.78 is 5.12. The summed E-state index contributed by atoms with van der Waals surface area (Å²) in [6, 6.07) is 7.89. The number of rotatable bonds is 6. The standard InChI is InChI=1S/C12H17NO2/c1-10(14)6-7-13-9-11-4-3-5-12(8-11)15-2/h3-5,8,13H,6-7,9H2,1-2H3. The molecule has 0 heterocycles. The summed E-state index contributed by atoms with van der Waals surface area (Å²) in [5, 5.41) is 3.21. The summed E-state index contributed by atoms with van der Waals surface area (Å²) in [4.78, 5) is 10.7. The number of hydrogen-bond acceptors (Lipinski definition) is 3. The van der Waals surface area contributed by atoms with Gasteiger partial charge >= 0.3 is 0 Å². The molecule has 0 amide bonds. The van der Waals surface area contributed by atoms with Crippen molar-refractivity contribution in [2.45, 2.75) is 19.9 Å². The van der Waals surface area contributed by atoms with Crippen molar-refractivity contribution in [2.24, 2.45) is 0 Å². The molecular weight excluding hydrogens is 190 g/mol. The Balaban J connectivity index is 2.33. The summed E-state index contributed by atoms with van der Waals surface area (Å²) in [6.07, 6.45) is 0.587. The topological polar surface area (TPSA) is 38.3 Å². The fourth-order valence-electron chi connectivity index (χ4n) is 1.28. The van der Waals surface area contributed by atoms with Crippen LogP contribution < -0.4 is 10.1 Å². The maximum Gasteiger partial charge on any atom is 0.131 e. The van der Waals surface area contributed by atoms with E-state index in [0.717, 1.165) is 24.4 Å². The van der Waals surface area contributed by atoms with E-state index in [1.807, 2.05) is 24.3 Å². The Bertz CT molecular complexity index is 323. The fourth-order valence-corrected chi connectivity index (χ4v) is 1.28. The number of ketones is 1. The van der Waals surface area contributed by atoms with Gasteiger partial charge in [-0.3, -0.25) is 4.79 Å². The zero-order valence-electron chi connectivity index (χ0n) is 9.25. The van der Waals surface area contributed by atoms with Crippen molar-refractivity contribution < 1.29 is 9.53 Å². The van der Waals surface area contributed by atoms with E-state index in [4.69, 9.17) is 4.74 Å². The number of benzene rings is 1. The van der Waals surface area contributed by atoms with E-state index in [2.05, 4.69) is 5.32 Å². The molecule has 0 unspecified atom stereocenters. The van der Waals surface area contributed by atoms with Crippen molar-refractivity contribution >= 4 is 5.78 Å². The molecule has 3 nitrogen and oxygen atoms in total. The van der Waals surface area contributed by atoms with E-state index in [1.165, 1.54) is 0 Å². The van der Waals surface area contributed by atoms with E-state index < -0.39 is 0 Å². The number of hydrogen-bond donors (Lipinski definition) is 1. The predicted molar refractivity (Wildman–Crippen MR) is 60.0 cm³/mol. The minimum absolute atomic E-state index is 0.216. The van der Waals surface area contributed by atoms with Crippen LogP contribution >= 0.6 is 0 Å². The normalized spacial score (nSPS) is 10.0. The van der Waals surface area contributed by atoms with E-state index in [0.29, 0.717) is 6.42 Å². The lowest BCUT2D eigenvalue weighted by molar-refractivity contribution is -0.116. The van der Waals surface area contributed by atoms with Gasteiger partial charge in [0.25, 0.3) is 0 Å². The fraction of sp³-hybridized carbons (Fsp3) is 0.417. The Morgan fingerprint density at radius 1 is 1.47 bits per heavy atom. The lowest BCUT2D eigenvalue weighted by atomic mass is 10.2. The second-order valence-electron chi connectivity index (χ2n) is 3.48. The molecule has 82 valence electrons. The molecule has 0 aliphatic carbocycles. The molecule has 0 spiro atoms. The molecule has 1 aromatic carbocycles. The molecule has 1 rings (SSSR count). The minimum atomic E-state index is 0.216. The van der Waals surface area contributed by atoms with Crippen LogP contribution in [0.15, 0.2) is 24.3 Å². The molecule has 1 aromatic rings. The number of carbonyl (C=O) groups is 1. The Morgan fingerprint density at radius 3 is 2.93 bits per heavy atom. The first-order chi connectivity index (χ1) is 7.22. The average Bonchev–Trinajstić information content (AvgIpc) is 2.24. The van der Waals surface area contributed by atoms with Gasteiger partial charge < -0.3 is 10.1 Å². The van der Waals surface area contributed by atoms with Crippen molar-refractivity contribution in [1.29, 1.82) is 0 Å². The van der Waals surface area contributed by atoms with Crippen LogP contribution in [-0.2, 0) is 11.3 Å². The second-order valence-corrected chi connectivity index (χ2v) is 3.48. The Morgan fingerprint density at radius 2 is 2.27 bits per heavy atom. The highest BCUT2D eigenvalue weighted by molar-refractivity contribution is 5.75. The SMILES string of the molecule is COc1cccc(CNCCC(C)=O)c1. The van der Waals surface area contributed by atoms with Crippen LogP contribution in [0.5, 0.6) is 5.75 Å². The quantitative estimate of drug-likeness (QED) is 0.722. The van der Waals surface area contributed by atoms with Gasteiger partial charge in [0.2, 0.25) is 0 Å². The zero-order valence-corrected chi connectivity index (χ0v) is 9.25. The van der Waals surface area contributed by atoms with Crippen LogP contribution in [-0.4, -0.2) is 19.4 Å². The van der Waals surface area contributed by atoms with Crippen molar-refractivity contribution in [1.82, 2.24) is 5.32 Å². The first-order valence-corrected chi connectivity index (χ1v) is 5.05. The minimum Gasteiger partial charge on any atom is -0.497 e. The summed E-state index contributed by atoms with van der Waals surface area (Å²) in [5.74, 6) is 1.08. The highest BCUT2D eigenvalue weighted by Crippen LogP contribution is 2.11. The van der Waals surface area contributed by atoms with Crippen LogP contribution in [0.3, 0.4) is 0 Å². The second kappa shape index (κ2) is 6.19. The largest absolute Gasteiger partial charge is 0.497 e. The summed E-state index contributed by atoms with van der Waals surface area (Å²) in [7, 11) is 1.66. The van der Waals surface area contributed by atoms with Gasteiger partial charge in [-0.1, -0.05) is 12.1 Å². The van der Waals surface area contributed by atoms with Gasteiger partial charge in [0, 0.05) is 19.5 Å². The molecule has 0 saturated heterocycles. The molecule has 0 fully saturated rings. The number of carbonyl (C=O) groups excluding carboxylic acids is 1. The maximum atomic E-state index is 10.7. The van der Waals surface area contributed by atoms with Gasteiger partial charge in [0.05, 0.1) is 7.11 Å². The molecule has 0 aliphatic heterocycles. The predicted octanol–water partition coefficient (Wildman–Crippen LogP) is 1.76. The molecule has 15 heavy (non-hydrogen) atoms. The third-order valence-electron chi connectivity index (χ3n) is 2.12. The highest BCUT2D eigenvalue weighted by atomic mass is 16.5. The molecule has 0 radical (unpaired) electrons. The van der Waals surface area contributed by atoms with Gasteiger partial charge in [0.15, 0.2) is 0 Å². The number of nitrogens with one attached hydrogen (secondary N) is 1. The van der Waals surface area contributed by atoms with Crippen molar-refractivity contribution in [3.05, 3.63) is 29.8 Å². The van der Waals surface area contributed by atoms with E-state index in [-0.39, 0.29) is 5.78 Å². The third kappa shape index (κ3) is 4.61. The molecule has 0 aliphatic rings. The van der Waals surface area contributed by atoms with Crippen LogP contribution in [0.4, 0.5) is 0 Å². The van der Waals surface area contributed by atoms with Gasteiger partial charge in [-0.05, 0) is 24.6 Å². The van der Waals surface area contributed by atoms with E-state index in [1.54, 1.807) is 14.0 Å². The zero-order chi connectivity index (χ0) is 11.1. The monoisotopic (exact) mass is 207 g/mol. The first-order valence-electron chi connectivity index (χ1n) is 5.05.